The van der Waals surface area contributed by atoms with Crippen molar-refractivity contribution in [2.24, 2.45) is 0 Å². The first kappa shape index (κ1) is 13.5. The summed E-state index contributed by atoms with van der Waals surface area (Å²) in [6, 6.07) is 10.7. The molecule has 1 aromatic carbocycles. The average Bonchev–Trinajstić information content (AvgIpc) is 2.79. The second-order valence-electron chi connectivity index (χ2n) is 3.62. The van der Waals surface area contributed by atoms with E-state index in [4.69, 9.17) is 11.6 Å². The van der Waals surface area contributed by atoms with Gasteiger partial charge in [0, 0.05) is 16.0 Å². The van der Waals surface area contributed by atoms with Crippen molar-refractivity contribution in [3.05, 3.63) is 54.7 Å². The van der Waals surface area contributed by atoms with Crippen molar-refractivity contribution in [3.8, 4) is 6.07 Å². The Bertz CT molecular complexity index is 615. The summed E-state index contributed by atoms with van der Waals surface area (Å²) in [5.41, 5.74) is 1.26. The first-order valence-electron chi connectivity index (χ1n) is 5.05. The lowest BCUT2D eigenvalue weighted by molar-refractivity contribution is 0.0979. The number of nitriles is 1. The molecule has 0 N–H and O–H groups in total. The molecule has 2 rings (SSSR count). The van der Waals surface area contributed by atoms with Crippen molar-refractivity contribution >= 4 is 51.3 Å². The third kappa shape index (κ3) is 2.91. The minimum Gasteiger partial charge on any atom is -0.292 e. The topological polar surface area (TPSA) is 40.9 Å². The van der Waals surface area contributed by atoms with Crippen LogP contribution in [0.25, 0.3) is 0 Å². The van der Waals surface area contributed by atoms with E-state index in [0.717, 1.165) is 2.88 Å². The number of halogens is 2. The monoisotopic (exact) mass is 387 g/mol. The van der Waals surface area contributed by atoms with Gasteiger partial charge in [0.25, 0.3) is 0 Å². The summed E-state index contributed by atoms with van der Waals surface area (Å²) >= 11 is 9.44. The van der Waals surface area contributed by atoms with Crippen LogP contribution in [0.2, 0.25) is 5.02 Å². The Hall–Kier alpha value is -0.900. The molecular weight excluding hydrogens is 381 g/mol. The van der Waals surface area contributed by atoms with E-state index in [-0.39, 0.29) is 5.78 Å². The molecule has 1 atom stereocenters. The number of rotatable bonds is 3. The van der Waals surface area contributed by atoms with Gasteiger partial charge in [-0.25, -0.2) is 0 Å². The average molecular weight is 388 g/mol. The minimum atomic E-state index is -0.771. The van der Waals surface area contributed by atoms with Gasteiger partial charge in [0.15, 0.2) is 5.78 Å². The van der Waals surface area contributed by atoms with Gasteiger partial charge in [0.05, 0.1) is 8.95 Å². The summed E-state index contributed by atoms with van der Waals surface area (Å²) in [5, 5.41) is 11.6. The van der Waals surface area contributed by atoms with Crippen molar-refractivity contribution in [3.63, 3.8) is 0 Å². The lowest BCUT2D eigenvalue weighted by atomic mass is 9.93. The van der Waals surface area contributed by atoms with Crippen LogP contribution < -0.4 is 0 Å². The summed E-state index contributed by atoms with van der Waals surface area (Å²) in [7, 11) is 0. The Balaban J connectivity index is 2.32. The van der Waals surface area contributed by atoms with E-state index in [1.807, 2.05) is 0 Å². The van der Waals surface area contributed by atoms with Crippen LogP contribution in [0, 0.1) is 14.2 Å². The highest BCUT2D eigenvalue weighted by Crippen LogP contribution is 2.25. The Labute approximate surface area is 127 Å². The number of nitrogens with zero attached hydrogens (tertiary/aromatic N) is 1. The zero-order chi connectivity index (χ0) is 13.1. The minimum absolute atomic E-state index is 0.168. The Morgan fingerprint density at radius 1 is 1.39 bits per heavy atom. The quantitative estimate of drug-likeness (QED) is 0.575. The first-order valence-corrected chi connectivity index (χ1v) is 7.39. The number of hydrogen-bond acceptors (Lipinski definition) is 3. The molecule has 1 aromatic heterocycles. The van der Waals surface area contributed by atoms with Crippen molar-refractivity contribution in [2.45, 2.75) is 5.92 Å². The SMILES string of the molecule is N#CC(C(=O)c1csc(I)c1)c1ccc(Cl)cc1. The summed E-state index contributed by atoms with van der Waals surface area (Å²) in [6.45, 7) is 0. The molecule has 0 aliphatic carbocycles. The van der Waals surface area contributed by atoms with E-state index in [2.05, 4.69) is 28.7 Å². The third-order valence-electron chi connectivity index (χ3n) is 2.45. The molecule has 0 aliphatic heterocycles. The lowest BCUT2D eigenvalue weighted by Gasteiger charge is -2.07. The van der Waals surface area contributed by atoms with Crippen LogP contribution in [0.5, 0.6) is 0 Å². The number of Topliss-reactive ketones (excluding diaryl/α,β-unsaturated/α-hetero) is 1. The largest absolute Gasteiger partial charge is 0.292 e. The first-order chi connectivity index (χ1) is 8.61. The van der Waals surface area contributed by atoms with Crippen molar-refractivity contribution in [1.29, 1.82) is 5.26 Å². The number of carbonyl (C=O) groups excluding carboxylic acids is 1. The van der Waals surface area contributed by atoms with Gasteiger partial charge in [0.1, 0.15) is 5.92 Å². The van der Waals surface area contributed by atoms with E-state index in [1.165, 1.54) is 11.3 Å². The maximum Gasteiger partial charge on any atom is 0.185 e. The van der Waals surface area contributed by atoms with E-state index in [1.54, 1.807) is 35.7 Å². The molecule has 0 spiro atoms. The highest BCUT2D eigenvalue weighted by Gasteiger charge is 2.22. The van der Waals surface area contributed by atoms with Gasteiger partial charge in [0.2, 0.25) is 0 Å². The fraction of sp³-hybridized carbons (Fsp3) is 0.0769. The highest BCUT2D eigenvalue weighted by molar-refractivity contribution is 14.1. The van der Waals surface area contributed by atoms with Crippen LogP contribution >= 0.6 is 45.5 Å². The third-order valence-corrected chi connectivity index (χ3v) is 4.49. The van der Waals surface area contributed by atoms with Crippen LogP contribution in [0.4, 0.5) is 0 Å². The highest BCUT2D eigenvalue weighted by atomic mass is 127. The molecule has 0 fully saturated rings. The lowest BCUT2D eigenvalue weighted by Crippen LogP contribution is -2.10. The zero-order valence-electron chi connectivity index (χ0n) is 9.06. The van der Waals surface area contributed by atoms with Crippen molar-refractivity contribution in [1.82, 2.24) is 0 Å². The molecule has 1 heterocycles. The molecule has 5 heteroatoms. The summed E-state index contributed by atoms with van der Waals surface area (Å²) in [6.07, 6.45) is 0. The summed E-state index contributed by atoms with van der Waals surface area (Å²) in [4.78, 5) is 12.2. The molecule has 0 bridgehead atoms. The van der Waals surface area contributed by atoms with Gasteiger partial charge in [-0.15, -0.1) is 11.3 Å². The standard InChI is InChI=1S/C13H7ClINOS/c14-10-3-1-8(2-4-10)11(6-16)13(17)9-5-12(15)18-7-9/h1-5,7,11H. The second kappa shape index (κ2) is 5.83. The molecule has 90 valence electrons. The molecule has 1 unspecified atom stereocenters. The number of carbonyl (C=O) groups is 1. The van der Waals surface area contributed by atoms with Crippen molar-refractivity contribution < 1.29 is 4.79 Å². The van der Waals surface area contributed by atoms with Gasteiger partial charge in [-0.3, -0.25) is 4.79 Å². The number of ketones is 1. The number of benzene rings is 1. The maximum absolute atomic E-state index is 12.2. The molecule has 0 aliphatic rings. The van der Waals surface area contributed by atoms with Crippen LogP contribution in [-0.4, -0.2) is 5.78 Å². The maximum atomic E-state index is 12.2. The van der Waals surface area contributed by atoms with Crippen molar-refractivity contribution in [2.75, 3.05) is 0 Å². The summed E-state index contributed by atoms with van der Waals surface area (Å²) < 4.78 is 1.03. The van der Waals surface area contributed by atoms with Gasteiger partial charge < -0.3 is 0 Å². The van der Waals surface area contributed by atoms with Crippen LogP contribution in [0.3, 0.4) is 0 Å². The fourth-order valence-electron chi connectivity index (χ4n) is 1.55. The van der Waals surface area contributed by atoms with Crippen LogP contribution in [-0.2, 0) is 0 Å². The second-order valence-corrected chi connectivity index (χ2v) is 6.86. The predicted octanol–water partition coefficient (Wildman–Crippen LogP) is 4.50. The molecular formula is C13H7ClINOS. The zero-order valence-corrected chi connectivity index (χ0v) is 12.8. The number of thiophene rings is 1. The molecule has 0 saturated carbocycles. The number of hydrogen-bond donors (Lipinski definition) is 0. The van der Waals surface area contributed by atoms with Crippen LogP contribution in [0.15, 0.2) is 35.7 Å². The van der Waals surface area contributed by atoms with E-state index in [0.29, 0.717) is 16.1 Å². The smallest absolute Gasteiger partial charge is 0.185 e. The Morgan fingerprint density at radius 3 is 2.56 bits per heavy atom. The van der Waals surface area contributed by atoms with Gasteiger partial charge in [-0.1, -0.05) is 23.7 Å². The van der Waals surface area contributed by atoms with Gasteiger partial charge in [-0.05, 0) is 46.4 Å². The van der Waals surface area contributed by atoms with E-state index in [9.17, 15) is 10.1 Å². The normalized spacial score (nSPS) is 11.8. The van der Waals surface area contributed by atoms with Crippen LogP contribution in [0.1, 0.15) is 21.8 Å². The Morgan fingerprint density at radius 2 is 2.06 bits per heavy atom. The summed E-state index contributed by atoms with van der Waals surface area (Å²) in [5.74, 6) is -0.938. The predicted molar refractivity (Wildman–Crippen MR) is 81.2 cm³/mol. The molecule has 0 amide bonds. The van der Waals surface area contributed by atoms with Gasteiger partial charge >= 0.3 is 0 Å². The Kier molecular flexibility index (Phi) is 4.38. The van der Waals surface area contributed by atoms with E-state index >= 15 is 0 Å². The fourth-order valence-corrected chi connectivity index (χ4v) is 3.01. The van der Waals surface area contributed by atoms with E-state index < -0.39 is 5.92 Å². The van der Waals surface area contributed by atoms with Gasteiger partial charge in [-0.2, -0.15) is 5.26 Å². The molecule has 18 heavy (non-hydrogen) atoms. The molecule has 0 saturated heterocycles. The molecule has 0 radical (unpaired) electrons. The molecule has 2 aromatic rings. The molecule has 2 nitrogen and oxygen atoms in total.